The molecule has 2 aromatic rings. The molecule has 0 aliphatic carbocycles. The van der Waals surface area contributed by atoms with Gasteiger partial charge in [-0.2, -0.15) is 0 Å². The molecular formula is C18H18N2O3. The molecule has 2 aromatic carbocycles. The number of fused-ring (bicyclic) bond motifs is 1. The molecule has 0 spiro atoms. The van der Waals surface area contributed by atoms with Crippen LogP contribution in [0.25, 0.3) is 0 Å². The minimum Gasteiger partial charge on any atom is -0.497 e. The zero-order valence-corrected chi connectivity index (χ0v) is 13.1. The fourth-order valence-electron chi connectivity index (χ4n) is 2.84. The number of methoxy groups -OCH3 is 1. The van der Waals surface area contributed by atoms with Gasteiger partial charge in [0.05, 0.1) is 18.5 Å². The maximum atomic E-state index is 12.8. The Labute approximate surface area is 134 Å². The maximum absolute atomic E-state index is 12.8. The third kappa shape index (κ3) is 2.90. The Morgan fingerprint density at radius 1 is 1.13 bits per heavy atom. The Bertz CT molecular complexity index is 753. The Hall–Kier alpha value is -2.82. The van der Waals surface area contributed by atoms with E-state index >= 15 is 0 Å². The van der Waals surface area contributed by atoms with Crippen molar-refractivity contribution in [2.24, 2.45) is 0 Å². The lowest BCUT2D eigenvalue weighted by molar-refractivity contribution is -0.114. The van der Waals surface area contributed by atoms with Crippen LogP contribution in [0, 0.1) is 0 Å². The third-order valence-electron chi connectivity index (χ3n) is 3.89. The number of para-hydroxylation sites is 1. The summed E-state index contributed by atoms with van der Waals surface area (Å²) in [5.74, 6) is 0.480. The number of nitrogens with zero attached hydrogens (tertiary/aromatic N) is 1. The van der Waals surface area contributed by atoms with Crippen molar-refractivity contribution in [2.45, 2.75) is 13.3 Å². The number of carbonyl (C=O) groups is 2. The standard InChI is InChI=1S/C18H18N2O3/c1-12(21)19-16-5-3-4-13-10-11-20(17(13)16)18(22)14-6-8-15(23-2)9-7-14/h3-9H,10-11H2,1-2H3,(H,19,21). The van der Waals surface area contributed by atoms with Gasteiger partial charge in [0.1, 0.15) is 5.75 Å². The largest absolute Gasteiger partial charge is 0.497 e. The van der Waals surface area contributed by atoms with Gasteiger partial charge in [0.25, 0.3) is 5.91 Å². The van der Waals surface area contributed by atoms with Crippen molar-refractivity contribution in [1.29, 1.82) is 0 Å². The third-order valence-corrected chi connectivity index (χ3v) is 3.89. The van der Waals surface area contributed by atoms with E-state index in [0.717, 1.165) is 17.7 Å². The molecule has 0 saturated carbocycles. The summed E-state index contributed by atoms with van der Waals surface area (Å²) in [6.07, 6.45) is 0.782. The van der Waals surface area contributed by atoms with Gasteiger partial charge in [-0.05, 0) is 42.3 Å². The first-order valence-electron chi connectivity index (χ1n) is 7.45. The number of benzene rings is 2. The molecule has 0 bridgehead atoms. The molecule has 0 unspecified atom stereocenters. The molecule has 118 valence electrons. The van der Waals surface area contributed by atoms with Crippen LogP contribution in [0.5, 0.6) is 5.75 Å². The summed E-state index contributed by atoms with van der Waals surface area (Å²) in [6.45, 7) is 2.07. The van der Waals surface area contributed by atoms with Crippen LogP contribution in [0.2, 0.25) is 0 Å². The van der Waals surface area contributed by atoms with Gasteiger partial charge in [0.15, 0.2) is 0 Å². The average molecular weight is 310 g/mol. The lowest BCUT2D eigenvalue weighted by Gasteiger charge is -2.20. The van der Waals surface area contributed by atoms with E-state index in [9.17, 15) is 9.59 Å². The molecule has 0 saturated heterocycles. The predicted octanol–water partition coefficient (Wildman–Crippen LogP) is 2.86. The SMILES string of the molecule is COc1ccc(C(=O)N2CCc3cccc(NC(C)=O)c32)cc1. The molecule has 0 fully saturated rings. The van der Waals surface area contributed by atoms with Gasteiger partial charge in [0, 0.05) is 19.0 Å². The van der Waals surface area contributed by atoms with Crippen molar-refractivity contribution in [3.8, 4) is 5.75 Å². The Balaban J connectivity index is 1.94. The number of carbonyl (C=O) groups excluding carboxylic acids is 2. The highest BCUT2D eigenvalue weighted by Gasteiger charge is 2.28. The minimum absolute atomic E-state index is 0.0794. The smallest absolute Gasteiger partial charge is 0.258 e. The van der Waals surface area contributed by atoms with E-state index in [2.05, 4.69) is 5.32 Å². The number of ether oxygens (including phenoxy) is 1. The number of nitrogens with one attached hydrogen (secondary N) is 1. The highest BCUT2D eigenvalue weighted by molar-refractivity contribution is 6.10. The lowest BCUT2D eigenvalue weighted by Crippen LogP contribution is -2.29. The molecule has 0 aromatic heterocycles. The van der Waals surface area contributed by atoms with Crippen LogP contribution in [-0.4, -0.2) is 25.5 Å². The second-order valence-electron chi connectivity index (χ2n) is 5.43. The first-order valence-corrected chi connectivity index (χ1v) is 7.45. The minimum atomic E-state index is -0.151. The van der Waals surface area contributed by atoms with E-state index in [0.29, 0.717) is 23.5 Å². The summed E-state index contributed by atoms with van der Waals surface area (Å²) in [5, 5.41) is 2.81. The van der Waals surface area contributed by atoms with Crippen molar-refractivity contribution in [2.75, 3.05) is 23.9 Å². The first kappa shape index (κ1) is 15.1. The second-order valence-corrected chi connectivity index (χ2v) is 5.43. The molecule has 23 heavy (non-hydrogen) atoms. The fourth-order valence-corrected chi connectivity index (χ4v) is 2.84. The number of hydrogen-bond donors (Lipinski definition) is 1. The number of rotatable bonds is 3. The van der Waals surface area contributed by atoms with E-state index in [4.69, 9.17) is 4.74 Å². The molecule has 5 nitrogen and oxygen atoms in total. The fraction of sp³-hybridized carbons (Fsp3) is 0.222. The lowest BCUT2D eigenvalue weighted by atomic mass is 10.1. The van der Waals surface area contributed by atoms with E-state index in [1.165, 1.54) is 6.92 Å². The molecule has 5 heteroatoms. The molecule has 1 heterocycles. The monoisotopic (exact) mass is 310 g/mol. The summed E-state index contributed by atoms with van der Waals surface area (Å²) >= 11 is 0. The van der Waals surface area contributed by atoms with Crippen LogP contribution in [0.15, 0.2) is 42.5 Å². The number of amides is 2. The van der Waals surface area contributed by atoms with Gasteiger partial charge in [-0.25, -0.2) is 0 Å². The molecule has 0 atom stereocenters. The van der Waals surface area contributed by atoms with E-state index in [-0.39, 0.29) is 11.8 Å². The molecule has 0 radical (unpaired) electrons. The summed E-state index contributed by atoms with van der Waals surface area (Å²) in [6, 6.07) is 12.7. The zero-order valence-electron chi connectivity index (χ0n) is 13.1. The van der Waals surface area contributed by atoms with Crippen molar-refractivity contribution < 1.29 is 14.3 Å². The first-order chi connectivity index (χ1) is 11.1. The number of hydrogen-bond acceptors (Lipinski definition) is 3. The van der Waals surface area contributed by atoms with E-state index in [1.807, 2.05) is 18.2 Å². The second kappa shape index (κ2) is 6.12. The van der Waals surface area contributed by atoms with Crippen LogP contribution < -0.4 is 15.0 Å². The Morgan fingerprint density at radius 3 is 2.52 bits per heavy atom. The van der Waals surface area contributed by atoms with Gasteiger partial charge < -0.3 is 15.0 Å². The Kier molecular flexibility index (Phi) is 4.02. The normalized spacial score (nSPS) is 12.7. The summed E-state index contributed by atoms with van der Waals surface area (Å²) in [7, 11) is 1.59. The molecule has 1 N–H and O–H groups in total. The molecular weight excluding hydrogens is 292 g/mol. The van der Waals surface area contributed by atoms with Gasteiger partial charge in [-0.1, -0.05) is 12.1 Å². The molecule has 3 rings (SSSR count). The Morgan fingerprint density at radius 2 is 1.87 bits per heavy atom. The average Bonchev–Trinajstić information content (AvgIpc) is 2.99. The zero-order chi connectivity index (χ0) is 16.4. The predicted molar refractivity (Wildman–Crippen MR) is 89.1 cm³/mol. The summed E-state index contributed by atoms with van der Waals surface area (Å²) in [4.78, 5) is 25.9. The van der Waals surface area contributed by atoms with Crippen LogP contribution >= 0.6 is 0 Å². The molecule has 1 aliphatic rings. The van der Waals surface area contributed by atoms with Gasteiger partial charge >= 0.3 is 0 Å². The maximum Gasteiger partial charge on any atom is 0.258 e. The van der Waals surface area contributed by atoms with Crippen molar-refractivity contribution >= 4 is 23.2 Å². The summed E-state index contributed by atoms with van der Waals surface area (Å²) in [5.41, 5.74) is 3.13. The van der Waals surface area contributed by atoms with Gasteiger partial charge in [0.2, 0.25) is 5.91 Å². The van der Waals surface area contributed by atoms with Crippen LogP contribution in [0.4, 0.5) is 11.4 Å². The van der Waals surface area contributed by atoms with Crippen molar-refractivity contribution in [3.05, 3.63) is 53.6 Å². The summed E-state index contributed by atoms with van der Waals surface area (Å²) < 4.78 is 5.12. The van der Waals surface area contributed by atoms with Crippen molar-refractivity contribution in [1.82, 2.24) is 0 Å². The van der Waals surface area contributed by atoms with E-state index < -0.39 is 0 Å². The van der Waals surface area contributed by atoms with Crippen LogP contribution in [0.1, 0.15) is 22.8 Å². The highest BCUT2D eigenvalue weighted by Crippen LogP contribution is 2.36. The highest BCUT2D eigenvalue weighted by atomic mass is 16.5. The molecule has 1 aliphatic heterocycles. The van der Waals surface area contributed by atoms with Crippen LogP contribution in [-0.2, 0) is 11.2 Å². The van der Waals surface area contributed by atoms with Crippen molar-refractivity contribution in [3.63, 3.8) is 0 Å². The number of anilines is 2. The van der Waals surface area contributed by atoms with Crippen LogP contribution in [0.3, 0.4) is 0 Å². The van der Waals surface area contributed by atoms with E-state index in [1.54, 1.807) is 36.3 Å². The quantitative estimate of drug-likeness (QED) is 0.948. The van der Waals surface area contributed by atoms with Gasteiger partial charge in [-0.3, -0.25) is 9.59 Å². The molecule has 2 amide bonds. The topological polar surface area (TPSA) is 58.6 Å². The van der Waals surface area contributed by atoms with Gasteiger partial charge in [-0.15, -0.1) is 0 Å².